The van der Waals surface area contributed by atoms with Gasteiger partial charge in [0.1, 0.15) is 5.88 Å². The first-order valence-corrected chi connectivity index (χ1v) is 5.27. The van der Waals surface area contributed by atoms with Crippen molar-refractivity contribution in [2.24, 2.45) is 0 Å². The molecule has 4 nitrogen and oxygen atoms in total. The second-order valence-corrected chi connectivity index (χ2v) is 3.78. The number of halogens is 1. The number of carbonyl (C=O) groups excluding carboxylic acids is 2. The zero-order chi connectivity index (χ0) is 10.6. The number of carbonyl (C=O) groups is 2. The van der Waals surface area contributed by atoms with Crippen molar-refractivity contribution in [2.75, 3.05) is 19.0 Å². The van der Waals surface area contributed by atoms with Crippen LogP contribution in [0.1, 0.15) is 19.8 Å². The maximum Gasteiger partial charge on any atom is 0.237 e. The molecule has 80 valence electrons. The summed E-state index contributed by atoms with van der Waals surface area (Å²) < 4.78 is 0. The van der Waals surface area contributed by atoms with E-state index in [-0.39, 0.29) is 23.7 Å². The quantitative estimate of drug-likeness (QED) is 0.681. The third kappa shape index (κ3) is 3.18. The first kappa shape index (κ1) is 11.3. The summed E-state index contributed by atoms with van der Waals surface area (Å²) in [5.41, 5.74) is 0. The first-order chi connectivity index (χ1) is 6.63. The number of hydrogen-bond acceptors (Lipinski definition) is 2. The van der Waals surface area contributed by atoms with Crippen molar-refractivity contribution in [1.82, 2.24) is 10.2 Å². The minimum Gasteiger partial charge on any atom is -0.352 e. The van der Waals surface area contributed by atoms with Gasteiger partial charge in [0.15, 0.2) is 0 Å². The molecule has 0 aromatic carbocycles. The van der Waals surface area contributed by atoms with E-state index in [0.29, 0.717) is 6.54 Å². The number of hydrogen-bond donors (Lipinski definition) is 1. The van der Waals surface area contributed by atoms with Gasteiger partial charge in [-0.3, -0.25) is 9.59 Å². The van der Waals surface area contributed by atoms with Crippen LogP contribution in [0.15, 0.2) is 0 Å². The van der Waals surface area contributed by atoms with Gasteiger partial charge in [-0.15, -0.1) is 11.6 Å². The fraction of sp³-hybridized carbons (Fsp3) is 0.778. The molecule has 1 atom stereocenters. The van der Waals surface area contributed by atoms with Crippen LogP contribution in [0.2, 0.25) is 0 Å². The molecule has 5 heteroatoms. The largest absolute Gasteiger partial charge is 0.352 e. The van der Waals surface area contributed by atoms with Crippen LogP contribution in [-0.2, 0) is 9.59 Å². The minimum atomic E-state index is -0.0540. The molecule has 0 radical (unpaired) electrons. The van der Waals surface area contributed by atoms with Crippen molar-refractivity contribution < 1.29 is 9.59 Å². The number of nitrogens with one attached hydrogen (secondary N) is 1. The highest BCUT2D eigenvalue weighted by molar-refractivity contribution is 6.27. The van der Waals surface area contributed by atoms with Crippen LogP contribution in [0.3, 0.4) is 0 Å². The fourth-order valence-corrected chi connectivity index (χ4v) is 1.86. The molecule has 0 bridgehead atoms. The van der Waals surface area contributed by atoms with E-state index in [1.54, 1.807) is 4.90 Å². The van der Waals surface area contributed by atoms with E-state index in [9.17, 15) is 9.59 Å². The Hall–Kier alpha value is -0.770. The Kier molecular flexibility index (Phi) is 4.20. The van der Waals surface area contributed by atoms with E-state index < -0.39 is 0 Å². The van der Waals surface area contributed by atoms with Gasteiger partial charge in [0, 0.05) is 26.1 Å². The number of alkyl halides is 1. The normalized spacial score (nSPS) is 21.9. The van der Waals surface area contributed by atoms with Crippen molar-refractivity contribution in [3.05, 3.63) is 0 Å². The number of nitrogens with zero attached hydrogens (tertiary/aromatic N) is 1. The van der Waals surface area contributed by atoms with E-state index in [1.165, 1.54) is 6.92 Å². The standard InChI is InChI=1S/C9H15ClN2O2/c1-7(13)11-8-3-2-4-12(6-8)9(14)5-10/h8H,2-6H2,1H3,(H,11,13)/t8-/m0/s1. The molecule has 0 aliphatic carbocycles. The second kappa shape index (κ2) is 5.20. The van der Waals surface area contributed by atoms with Gasteiger partial charge < -0.3 is 10.2 Å². The lowest BCUT2D eigenvalue weighted by Crippen LogP contribution is -2.49. The summed E-state index contributed by atoms with van der Waals surface area (Å²) in [7, 11) is 0. The predicted octanol–water partition coefficient (Wildman–Crippen LogP) is 0.352. The Morgan fingerprint density at radius 3 is 2.86 bits per heavy atom. The monoisotopic (exact) mass is 218 g/mol. The molecule has 1 rings (SSSR count). The number of piperidine rings is 1. The molecule has 0 unspecified atom stereocenters. The average Bonchev–Trinajstić information content (AvgIpc) is 2.16. The Labute approximate surface area is 88.6 Å². The molecular formula is C9H15ClN2O2. The van der Waals surface area contributed by atoms with Gasteiger partial charge in [0.2, 0.25) is 11.8 Å². The summed E-state index contributed by atoms with van der Waals surface area (Å²) >= 11 is 5.46. The molecule has 1 fully saturated rings. The average molecular weight is 219 g/mol. The van der Waals surface area contributed by atoms with Crippen molar-refractivity contribution >= 4 is 23.4 Å². The van der Waals surface area contributed by atoms with Crippen molar-refractivity contribution in [3.8, 4) is 0 Å². The highest BCUT2D eigenvalue weighted by Crippen LogP contribution is 2.10. The summed E-state index contributed by atoms with van der Waals surface area (Å²) in [5.74, 6) is -0.0795. The molecule has 1 N–H and O–H groups in total. The van der Waals surface area contributed by atoms with Gasteiger partial charge >= 0.3 is 0 Å². The smallest absolute Gasteiger partial charge is 0.237 e. The fourth-order valence-electron chi connectivity index (χ4n) is 1.69. The van der Waals surface area contributed by atoms with Gasteiger partial charge in [-0.1, -0.05) is 0 Å². The third-order valence-electron chi connectivity index (χ3n) is 2.30. The van der Waals surface area contributed by atoms with E-state index in [4.69, 9.17) is 11.6 Å². The van der Waals surface area contributed by atoms with Crippen LogP contribution in [-0.4, -0.2) is 41.7 Å². The predicted molar refractivity (Wildman–Crippen MR) is 54.1 cm³/mol. The summed E-state index contributed by atoms with van der Waals surface area (Å²) in [4.78, 5) is 23.8. The molecule has 0 saturated carbocycles. The summed E-state index contributed by atoms with van der Waals surface area (Å²) in [6.07, 6.45) is 1.86. The zero-order valence-electron chi connectivity index (χ0n) is 8.25. The molecular weight excluding hydrogens is 204 g/mol. The van der Waals surface area contributed by atoms with E-state index in [0.717, 1.165) is 19.4 Å². The minimum absolute atomic E-state index is 0.0206. The number of rotatable bonds is 2. The highest BCUT2D eigenvalue weighted by Gasteiger charge is 2.23. The Morgan fingerprint density at radius 2 is 2.29 bits per heavy atom. The molecule has 0 aromatic heterocycles. The molecule has 1 aliphatic rings. The lowest BCUT2D eigenvalue weighted by molar-refractivity contribution is -0.130. The van der Waals surface area contributed by atoms with Crippen LogP contribution in [0.5, 0.6) is 0 Å². The van der Waals surface area contributed by atoms with Gasteiger partial charge in [0.05, 0.1) is 0 Å². The van der Waals surface area contributed by atoms with Crippen LogP contribution < -0.4 is 5.32 Å². The maximum atomic E-state index is 11.3. The van der Waals surface area contributed by atoms with Crippen molar-refractivity contribution in [2.45, 2.75) is 25.8 Å². The maximum absolute atomic E-state index is 11.3. The zero-order valence-corrected chi connectivity index (χ0v) is 9.01. The van der Waals surface area contributed by atoms with Gasteiger partial charge in [-0.2, -0.15) is 0 Å². The highest BCUT2D eigenvalue weighted by atomic mass is 35.5. The molecule has 0 aromatic rings. The van der Waals surface area contributed by atoms with Crippen molar-refractivity contribution in [1.29, 1.82) is 0 Å². The first-order valence-electron chi connectivity index (χ1n) is 4.74. The summed E-state index contributed by atoms with van der Waals surface area (Å²) in [6, 6.07) is 0.0911. The molecule has 0 spiro atoms. The molecule has 1 saturated heterocycles. The lowest BCUT2D eigenvalue weighted by atomic mass is 10.1. The van der Waals surface area contributed by atoms with Crippen LogP contribution in [0.25, 0.3) is 0 Å². The van der Waals surface area contributed by atoms with Gasteiger partial charge in [-0.05, 0) is 12.8 Å². The number of amides is 2. The van der Waals surface area contributed by atoms with Crippen LogP contribution >= 0.6 is 11.6 Å². The van der Waals surface area contributed by atoms with Crippen molar-refractivity contribution in [3.63, 3.8) is 0 Å². The Bertz CT molecular complexity index is 233. The van der Waals surface area contributed by atoms with E-state index in [1.807, 2.05) is 0 Å². The Morgan fingerprint density at radius 1 is 1.57 bits per heavy atom. The Balaban J connectivity index is 2.43. The van der Waals surface area contributed by atoms with Crippen LogP contribution in [0.4, 0.5) is 0 Å². The molecule has 2 amide bonds. The van der Waals surface area contributed by atoms with Gasteiger partial charge in [-0.25, -0.2) is 0 Å². The SMILES string of the molecule is CC(=O)N[C@H]1CCCN(C(=O)CCl)C1. The van der Waals surface area contributed by atoms with Crippen LogP contribution in [0, 0.1) is 0 Å². The molecule has 1 aliphatic heterocycles. The van der Waals surface area contributed by atoms with E-state index in [2.05, 4.69) is 5.32 Å². The third-order valence-corrected chi connectivity index (χ3v) is 2.52. The lowest BCUT2D eigenvalue weighted by Gasteiger charge is -2.32. The molecule has 14 heavy (non-hydrogen) atoms. The molecule has 1 heterocycles. The number of likely N-dealkylation sites (tertiary alicyclic amines) is 1. The summed E-state index contributed by atoms with van der Waals surface area (Å²) in [5, 5.41) is 2.81. The second-order valence-electron chi connectivity index (χ2n) is 3.51. The van der Waals surface area contributed by atoms with E-state index >= 15 is 0 Å². The summed E-state index contributed by atoms with van der Waals surface area (Å²) in [6.45, 7) is 2.83. The topological polar surface area (TPSA) is 49.4 Å². The van der Waals surface area contributed by atoms with Gasteiger partial charge in [0.25, 0.3) is 0 Å².